The normalized spacial score (nSPS) is 20.7. The summed E-state index contributed by atoms with van der Waals surface area (Å²) < 4.78 is 78.1. The molecule has 0 radical (unpaired) electrons. The van der Waals surface area contributed by atoms with Crippen LogP contribution in [0.1, 0.15) is 24.9 Å². The number of rotatable bonds is 7. The van der Waals surface area contributed by atoms with E-state index in [1.165, 1.54) is 12.1 Å². The van der Waals surface area contributed by atoms with Gasteiger partial charge in [0.05, 0.1) is 20.6 Å². The number of hydrogen-bond donors (Lipinski definition) is 2. The first-order valence-electron chi connectivity index (χ1n) is 7.60. The molecule has 0 aliphatic carbocycles. The summed E-state index contributed by atoms with van der Waals surface area (Å²) in [4.78, 5) is 0. The SMILES string of the molecule is CC1C=CNNC1c1ccc(OCC(F)(F)CCS(=O)(=O)[O-])c(Br)c1F. The Morgan fingerprint density at radius 1 is 1.38 bits per heavy atom. The molecule has 2 N–H and O–H groups in total. The third-order valence-electron chi connectivity index (χ3n) is 3.82. The van der Waals surface area contributed by atoms with E-state index in [2.05, 4.69) is 26.8 Å². The lowest BCUT2D eigenvalue weighted by Crippen LogP contribution is -2.38. The average Bonchev–Trinajstić information content (AvgIpc) is 2.55. The molecule has 2 unspecified atom stereocenters. The van der Waals surface area contributed by atoms with Crippen molar-refractivity contribution in [1.82, 2.24) is 10.9 Å². The molecule has 1 aromatic carbocycles. The number of halogens is 4. The van der Waals surface area contributed by atoms with Crippen LogP contribution in [0.25, 0.3) is 0 Å². The maximum absolute atomic E-state index is 14.6. The summed E-state index contributed by atoms with van der Waals surface area (Å²) >= 11 is 3.00. The Morgan fingerprint density at radius 2 is 2.08 bits per heavy atom. The first-order chi connectivity index (χ1) is 12.0. The van der Waals surface area contributed by atoms with E-state index in [1.807, 2.05) is 13.0 Å². The summed E-state index contributed by atoms with van der Waals surface area (Å²) in [7, 11) is -4.75. The van der Waals surface area contributed by atoms with Crippen molar-refractivity contribution in [3.63, 3.8) is 0 Å². The summed E-state index contributed by atoms with van der Waals surface area (Å²) in [6, 6.07) is 2.40. The van der Waals surface area contributed by atoms with Gasteiger partial charge in [0.15, 0.2) is 6.61 Å². The van der Waals surface area contributed by atoms with Crippen molar-refractivity contribution in [3.8, 4) is 5.75 Å². The second-order valence-electron chi connectivity index (χ2n) is 5.92. The van der Waals surface area contributed by atoms with Gasteiger partial charge in [-0.1, -0.05) is 19.1 Å². The summed E-state index contributed by atoms with van der Waals surface area (Å²) in [5.74, 6) is -5.57. The summed E-state index contributed by atoms with van der Waals surface area (Å²) in [5.41, 5.74) is 6.01. The third-order valence-corrected chi connectivity index (χ3v) is 5.26. The summed E-state index contributed by atoms with van der Waals surface area (Å²) in [6.45, 7) is 0.708. The Hall–Kier alpha value is -1.30. The van der Waals surface area contributed by atoms with E-state index in [0.29, 0.717) is 5.56 Å². The Kier molecular flexibility index (Phi) is 6.59. The standard InChI is InChI=1S/C15H18BrF3N2O4S/c1-9-4-6-20-21-14(9)10-2-3-11(12(16)13(10)17)25-8-15(18,19)5-7-26(22,23)24/h2-4,6,9,14,20-21H,5,7-8H2,1H3,(H,22,23,24)/p-1. The zero-order valence-corrected chi connectivity index (χ0v) is 16.0. The van der Waals surface area contributed by atoms with Crippen LogP contribution in [0, 0.1) is 11.7 Å². The number of alkyl halides is 2. The van der Waals surface area contributed by atoms with E-state index in [4.69, 9.17) is 4.74 Å². The van der Waals surface area contributed by atoms with Gasteiger partial charge in [-0.2, -0.15) is 0 Å². The van der Waals surface area contributed by atoms with Crippen LogP contribution < -0.4 is 15.6 Å². The Labute approximate surface area is 157 Å². The smallest absolute Gasteiger partial charge is 0.282 e. The maximum atomic E-state index is 14.6. The van der Waals surface area contributed by atoms with Crippen LogP contribution in [-0.4, -0.2) is 31.3 Å². The zero-order chi connectivity index (χ0) is 19.5. The van der Waals surface area contributed by atoms with E-state index in [0.717, 1.165) is 0 Å². The number of ether oxygens (including phenoxy) is 1. The molecule has 0 saturated carbocycles. The molecule has 1 aromatic rings. The fourth-order valence-corrected chi connectivity index (χ4v) is 3.39. The molecule has 2 rings (SSSR count). The quantitative estimate of drug-likeness (QED) is 0.611. The first-order valence-corrected chi connectivity index (χ1v) is 9.97. The fraction of sp³-hybridized carbons (Fsp3) is 0.467. The van der Waals surface area contributed by atoms with Crippen molar-refractivity contribution in [2.75, 3.05) is 12.4 Å². The summed E-state index contributed by atoms with van der Waals surface area (Å²) in [6.07, 6.45) is 2.37. The number of benzene rings is 1. The molecule has 0 spiro atoms. The van der Waals surface area contributed by atoms with E-state index < -0.39 is 40.6 Å². The van der Waals surface area contributed by atoms with Gasteiger partial charge in [-0.05, 0) is 27.9 Å². The minimum Gasteiger partial charge on any atom is -0.748 e. The van der Waals surface area contributed by atoms with Crippen LogP contribution in [0.15, 0.2) is 28.9 Å². The average molecular weight is 458 g/mol. The molecular weight excluding hydrogens is 441 g/mol. The Morgan fingerprint density at radius 3 is 2.69 bits per heavy atom. The predicted molar refractivity (Wildman–Crippen MR) is 91.0 cm³/mol. The van der Waals surface area contributed by atoms with Crippen LogP contribution in [-0.2, 0) is 10.1 Å². The molecule has 0 saturated heterocycles. The van der Waals surface area contributed by atoms with Crippen LogP contribution in [0.3, 0.4) is 0 Å². The minimum absolute atomic E-state index is 0.0113. The highest BCUT2D eigenvalue weighted by Crippen LogP contribution is 2.36. The van der Waals surface area contributed by atoms with E-state index in [9.17, 15) is 26.1 Å². The highest BCUT2D eigenvalue weighted by Gasteiger charge is 2.31. The predicted octanol–water partition coefficient (Wildman–Crippen LogP) is 2.84. The van der Waals surface area contributed by atoms with Crippen molar-refractivity contribution in [2.45, 2.75) is 25.3 Å². The number of nitrogens with one attached hydrogen (secondary N) is 2. The largest absolute Gasteiger partial charge is 0.748 e. The molecule has 146 valence electrons. The number of hydrogen-bond acceptors (Lipinski definition) is 6. The van der Waals surface area contributed by atoms with E-state index in [1.54, 1.807) is 6.20 Å². The van der Waals surface area contributed by atoms with Gasteiger partial charge in [-0.15, -0.1) is 0 Å². The van der Waals surface area contributed by atoms with E-state index in [-0.39, 0.29) is 22.2 Å². The van der Waals surface area contributed by atoms with Gasteiger partial charge in [0.25, 0.3) is 5.92 Å². The van der Waals surface area contributed by atoms with Gasteiger partial charge in [0, 0.05) is 23.9 Å². The van der Waals surface area contributed by atoms with Crippen molar-refractivity contribution in [2.24, 2.45) is 5.92 Å². The highest BCUT2D eigenvalue weighted by atomic mass is 79.9. The molecule has 0 fully saturated rings. The van der Waals surface area contributed by atoms with Gasteiger partial charge < -0.3 is 14.7 Å². The minimum atomic E-state index is -4.75. The second kappa shape index (κ2) is 8.15. The molecular formula is C15H17BrF3N2O4S-. The van der Waals surface area contributed by atoms with Gasteiger partial charge in [0.1, 0.15) is 11.6 Å². The molecule has 26 heavy (non-hydrogen) atoms. The lowest BCUT2D eigenvalue weighted by atomic mass is 9.93. The molecule has 6 nitrogen and oxygen atoms in total. The molecule has 1 aliphatic heterocycles. The van der Waals surface area contributed by atoms with Gasteiger partial charge in [0.2, 0.25) is 0 Å². The molecule has 1 heterocycles. The van der Waals surface area contributed by atoms with Crippen molar-refractivity contribution in [1.29, 1.82) is 0 Å². The molecule has 0 amide bonds. The summed E-state index contributed by atoms with van der Waals surface area (Å²) in [5, 5.41) is 0. The number of hydrazine groups is 1. The maximum Gasteiger partial charge on any atom is 0.282 e. The van der Waals surface area contributed by atoms with E-state index >= 15 is 0 Å². The van der Waals surface area contributed by atoms with Crippen LogP contribution in [0.5, 0.6) is 5.75 Å². The molecule has 0 aromatic heterocycles. The van der Waals surface area contributed by atoms with Crippen molar-refractivity contribution < 1.29 is 30.9 Å². The van der Waals surface area contributed by atoms with Crippen molar-refractivity contribution in [3.05, 3.63) is 40.3 Å². The van der Waals surface area contributed by atoms with Crippen LogP contribution in [0.2, 0.25) is 0 Å². The Bertz CT molecular complexity index is 789. The van der Waals surface area contributed by atoms with Gasteiger partial charge in [-0.3, -0.25) is 0 Å². The van der Waals surface area contributed by atoms with Crippen LogP contribution in [0.4, 0.5) is 13.2 Å². The van der Waals surface area contributed by atoms with Gasteiger partial charge in [-0.25, -0.2) is 27.0 Å². The fourth-order valence-electron chi connectivity index (χ4n) is 2.37. The van der Waals surface area contributed by atoms with Crippen LogP contribution >= 0.6 is 15.9 Å². The molecule has 0 bridgehead atoms. The zero-order valence-electron chi connectivity index (χ0n) is 13.6. The topological polar surface area (TPSA) is 90.5 Å². The molecule has 1 aliphatic rings. The monoisotopic (exact) mass is 457 g/mol. The van der Waals surface area contributed by atoms with Gasteiger partial charge >= 0.3 is 0 Å². The lowest BCUT2D eigenvalue weighted by Gasteiger charge is -2.28. The lowest BCUT2D eigenvalue weighted by molar-refractivity contribution is -0.0434. The second-order valence-corrected chi connectivity index (χ2v) is 8.24. The Balaban J connectivity index is 2.09. The molecule has 2 atom stereocenters. The first kappa shape index (κ1) is 21.0. The van der Waals surface area contributed by atoms with Crippen molar-refractivity contribution >= 4 is 26.0 Å². The third kappa shape index (κ3) is 5.60. The molecule has 11 heteroatoms. The highest BCUT2D eigenvalue weighted by molar-refractivity contribution is 9.10.